The molecular formula is C17H20N5O2+. The Bertz CT molecular complexity index is 796. The first-order valence-corrected chi connectivity index (χ1v) is 8.17. The van der Waals surface area contributed by atoms with E-state index in [-0.39, 0.29) is 11.9 Å². The van der Waals surface area contributed by atoms with Gasteiger partial charge in [-0.2, -0.15) is 0 Å². The number of benzene rings is 1. The summed E-state index contributed by atoms with van der Waals surface area (Å²) in [4.78, 5) is 34.1. The summed E-state index contributed by atoms with van der Waals surface area (Å²) in [7, 11) is 3.19. The second kappa shape index (κ2) is 5.15. The number of nitrogens with zero attached hydrogens (tertiary/aromatic N) is 5. The summed E-state index contributed by atoms with van der Waals surface area (Å²) < 4.78 is 1.99. The monoisotopic (exact) mass is 326 g/mol. The zero-order valence-electron chi connectivity index (χ0n) is 14.1. The number of hydrogen-bond donors (Lipinski definition) is 0. The third-order valence-electron chi connectivity index (χ3n) is 4.97. The van der Waals surface area contributed by atoms with Gasteiger partial charge in [0, 0.05) is 14.1 Å². The lowest BCUT2D eigenvalue weighted by atomic mass is 10.1. The number of likely N-dealkylation sites (N-methyl/N-ethyl adjacent to an activating group) is 2. The van der Waals surface area contributed by atoms with E-state index in [0.29, 0.717) is 12.4 Å². The van der Waals surface area contributed by atoms with Crippen molar-refractivity contribution in [3.63, 3.8) is 0 Å². The molecule has 1 unspecified atom stereocenters. The van der Waals surface area contributed by atoms with E-state index < -0.39 is 6.04 Å². The molecule has 0 bridgehead atoms. The molecule has 1 aromatic rings. The molecular weight excluding hydrogens is 306 g/mol. The molecule has 3 aliphatic heterocycles. The maximum Gasteiger partial charge on any atom is 0.397 e. The zero-order valence-corrected chi connectivity index (χ0v) is 14.1. The molecule has 0 N–H and O–H groups in total. The number of guanidine groups is 1. The molecule has 0 saturated carbocycles. The Balaban J connectivity index is 1.72. The number of anilines is 1. The third-order valence-corrected chi connectivity index (χ3v) is 4.97. The van der Waals surface area contributed by atoms with E-state index in [9.17, 15) is 9.59 Å². The first kappa shape index (κ1) is 14.9. The lowest BCUT2D eigenvalue weighted by molar-refractivity contribution is -0.525. The number of fused-ring (bicyclic) bond motifs is 2. The van der Waals surface area contributed by atoms with Gasteiger partial charge in [0.05, 0.1) is 6.54 Å². The Hall–Kier alpha value is -2.70. The molecule has 3 amide bonds. The lowest BCUT2D eigenvalue weighted by Gasteiger charge is -2.31. The number of hydrogen-bond acceptors (Lipinski definition) is 4. The number of carbonyl (C=O) groups is 2. The second-order valence-electron chi connectivity index (χ2n) is 6.28. The van der Waals surface area contributed by atoms with E-state index in [1.165, 1.54) is 22.4 Å². The number of rotatable bonds is 2. The highest BCUT2D eigenvalue weighted by Crippen LogP contribution is 2.26. The van der Waals surface area contributed by atoms with Crippen molar-refractivity contribution in [2.45, 2.75) is 19.4 Å². The van der Waals surface area contributed by atoms with Crippen LogP contribution >= 0.6 is 0 Å². The Morgan fingerprint density at radius 3 is 2.54 bits per heavy atom. The minimum Gasteiger partial charge on any atom is -0.270 e. The molecule has 1 fully saturated rings. The number of imide groups is 1. The van der Waals surface area contributed by atoms with Gasteiger partial charge in [-0.15, -0.1) is 0 Å². The van der Waals surface area contributed by atoms with Crippen molar-refractivity contribution in [1.82, 2.24) is 9.80 Å². The van der Waals surface area contributed by atoms with Crippen LogP contribution in [0.3, 0.4) is 0 Å². The number of aliphatic imine (C=N–C) groups is 1. The highest BCUT2D eigenvalue weighted by atomic mass is 16.2. The highest BCUT2D eigenvalue weighted by molar-refractivity contribution is 6.24. The van der Waals surface area contributed by atoms with Gasteiger partial charge < -0.3 is 0 Å². The topological polar surface area (TPSA) is 59.2 Å². The van der Waals surface area contributed by atoms with Gasteiger partial charge >= 0.3 is 12.0 Å². The fourth-order valence-corrected chi connectivity index (χ4v) is 3.49. The summed E-state index contributed by atoms with van der Waals surface area (Å²) in [5.41, 5.74) is 2.34. The van der Waals surface area contributed by atoms with Crippen molar-refractivity contribution in [1.29, 1.82) is 0 Å². The fraction of sp³-hybridized carbons (Fsp3) is 0.412. The molecule has 24 heavy (non-hydrogen) atoms. The SMILES string of the molecule is CCc1ccc(N2CC[N+]3=C2N=C2C3C(=O)N(C)C(=O)N2C)cc1. The normalized spacial score (nSPS) is 23.0. The summed E-state index contributed by atoms with van der Waals surface area (Å²) in [5.74, 6) is 1.06. The van der Waals surface area contributed by atoms with Crippen LogP contribution in [-0.2, 0) is 11.2 Å². The van der Waals surface area contributed by atoms with Gasteiger partial charge in [-0.3, -0.25) is 14.6 Å². The van der Waals surface area contributed by atoms with Gasteiger partial charge in [0.2, 0.25) is 11.9 Å². The van der Waals surface area contributed by atoms with Crippen LogP contribution in [0.25, 0.3) is 0 Å². The minimum atomic E-state index is -0.493. The number of urea groups is 1. The summed E-state index contributed by atoms with van der Waals surface area (Å²) in [5, 5.41) is 0. The summed E-state index contributed by atoms with van der Waals surface area (Å²) in [6.07, 6.45) is 1.00. The van der Waals surface area contributed by atoms with Crippen molar-refractivity contribution >= 4 is 29.4 Å². The summed E-state index contributed by atoms with van der Waals surface area (Å²) in [6.45, 7) is 3.62. The van der Waals surface area contributed by atoms with Gasteiger partial charge in [0.25, 0.3) is 5.91 Å². The van der Waals surface area contributed by atoms with Gasteiger partial charge in [0.15, 0.2) is 0 Å². The van der Waals surface area contributed by atoms with Crippen LogP contribution in [0, 0.1) is 0 Å². The molecule has 4 rings (SSSR count). The van der Waals surface area contributed by atoms with E-state index in [2.05, 4.69) is 41.1 Å². The van der Waals surface area contributed by atoms with Gasteiger partial charge in [-0.25, -0.2) is 14.3 Å². The van der Waals surface area contributed by atoms with Crippen molar-refractivity contribution in [2.24, 2.45) is 4.99 Å². The molecule has 0 aromatic heterocycles. The predicted molar refractivity (Wildman–Crippen MR) is 90.5 cm³/mol. The largest absolute Gasteiger partial charge is 0.397 e. The third kappa shape index (κ3) is 1.90. The van der Waals surface area contributed by atoms with Crippen LogP contribution < -0.4 is 4.90 Å². The number of amidine groups is 1. The van der Waals surface area contributed by atoms with Crippen molar-refractivity contribution in [2.75, 3.05) is 32.1 Å². The second-order valence-corrected chi connectivity index (χ2v) is 6.28. The highest BCUT2D eigenvalue weighted by Gasteiger charge is 2.54. The van der Waals surface area contributed by atoms with Gasteiger partial charge in [0.1, 0.15) is 12.2 Å². The Morgan fingerprint density at radius 2 is 1.88 bits per heavy atom. The number of amides is 3. The Kier molecular flexibility index (Phi) is 3.19. The van der Waals surface area contributed by atoms with Crippen LogP contribution in [0.5, 0.6) is 0 Å². The van der Waals surface area contributed by atoms with Crippen molar-refractivity contribution in [3.05, 3.63) is 29.8 Å². The molecule has 124 valence electrons. The molecule has 7 nitrogen and oxygen atoms in total. The standard InChI is InChI=1S/C17H20N5O2/c1-4-11-5-7-12(8-6-11)21-9-10-22-13-14(18-16(21)22)19(2)17(24)20(3)15(13)23/h5-8,13H,4,9-10H2,1-3H3/q+1. The van der Waals surface area contributed by atoms with E-state index in [1.807, 2.05) is 4.58 Å². The molecule has 3 heterocycles. The van der Waals surface area contributed by atoms with E-state index in [4.69, 9.17) is 0 Å². The molecule has 0 aliphatic carbocycles. The van der Waals surface area contributed by atoms with Crippen LogP contribution in [0.15, 0.2) is 29.3 Å². The molecule has 1 aromatic carbocycles. The summed E-state index contributed by atoms with van der Waals surface area (Å²) in [6, 6.07) is 7.56. The van der Waals surface area contributed by atoms with Crippen molar-refractivity contribution < 1.29 is 14.2 Å². The maximum absolute atomic E-state index is 12.6. The fourth-order valence-electron chi connectivity index (χ4n) is 3.49. The van der Waals surface area contributed by atoms with Gasteiger partial charge in [-0.1, -0.05) is 24.0 Å². The lowest BCUT2D eigenvalue weighted by Crippen LogP contribution is -2.61. The predicted octanol–water partition coefficient (Wildman–Crippen LogP) is 0.742. The molecule has 7 heteroatoms. The smallest absolute Gasteiger partial charge is 0.270 e. The average molecular weight is 326 g/mol. The van der Waals surface area contributed by atoms with Crippen LogP contribution in [0.4, 0.5) is 10.5 Å². The molecule has 0 radical (unpaired) electrons. The van der Waals surface area contributed by atoms with E-state index >= 15 is 0 Å². The van der Waals surface area contributed by atoms with Crippen LogP contribution in [0.2, 0.25) is 0 Å². The number of carbonyl (C=O) groups excluding carboxylic acids is 2. The Morgan fingerprint density at radius 1 is 1.17 bits per heavy atom. The minimum absolute atomic E-state index is 0.213. The summed E-state index contributed by atoms with van der Waals surface area (Å²) >= 11 is 0. The number of aryl methyl sites for hydroxylation is 1. The first-order valence-electron chi connectivity index (χ1n) is 8.17. The van der Waals surface area contributed by atoms with Crippen molar-refractivity contribution in [3.8, 4) is 0 Å². The molecule has 1 atom stereocenters. The van der Waals surface area contributed by atoms with E-state index in [1.54, 1.807) is 7.05 Å². The molecule has 1 saturated heterocycles. The first-order chi connectivity index (χ1) is 11.5. The van der Waals surface area contributed by atoms with Gasteiger partial charge in [-0.05, 0) is 24.1 Å². The molecule has 0 spiro atoms. The van der Waals surface area contributed by atoms with E-state index in [0.717, 1.165) is 24.6 Å². The zero-order chi connectivity index (χ0) is 17.0. The van der Waals surface area contributed by atoms with Crippen LogP contribution in [0.1, 0.15) is 12.5 Å². The molecule has 3 aliphatic rings. The van der Waals surface area contributed by atoms with Crippen LogP contribution in [-0.4, -0.2) is 71.3 Å². The average Bonchev–Trinajstić information content (AvgIpc) is 3.17. The quantitative estimate of drug-likeness (QED) is 0.753. The Labute approximate surface area is 140 Å². The maximum atomic E-state index is 12.6.